The van der Waals surface area contributed by atoms with E-state index in [2.05, 4.69) is 16.8 Å². The van der Waals surface area contributed by atoms with Crippen molar-refractivity contribution in [3.8, 4) is 0 Å². The Kier molecular flexibility index (Phi) is 3.28. The molecule has 0 radical (unpaired) electrons. The Labute approximate surface area is 101 Å². The summed E-state index contributed by atoms with van der Waals surface area (Å²) < 4.78 is 0. The molecule has 0 aliphatic carbocycles. The topological polar surface area (TPSA) is 85.2 Å². The Morgan fingerprint density at radius 2 is 2.29 bits per heavy atom. The van der Waals surface area contributed by atoms with Crippen molar-refractivity contribution in [1.82, 2.24) is 4.98 Å². The minimum absolute atomic E-state index is 0.283. The smallest absolute Gasteiger partial charge is 0.250 e. The molecule has 1 aromatic heterocycles. The summed E-state index contributed by atoms with van der Waals surface area (Å²) in [6, 6.07) is 4.22. The lowest BCUT2D eigenvalue weighted by Gasteiger charge is -2.37. The zero-order chi connectivity index (χ0) is 12.4. The zero-order valence-corrected chi connectivity index (χ0v) is 9.97. The van der Waals surface area contributed by atoms with Gasteiger partial charge in [-0.25, -0.2) is 4.98 Å². The first-order chi connectivity index (χ1) is 8.08. The third-order valence-corrected chi connectivity index (χ3v) is 3.24. The van der Waals surface area contributed by atoms with Crippen molar-refractivity contribution in [3.63, 3.8) is 0 Å². The van der Waals surface area contributed by atoms with E-state index in [1.54, 1.807) is 6.07 Å². The Morgan fingerprint density at radius 1 is 1.53 bits per heavy atom. The van der Waals surface area contributed by atoms with Gasteiger partial charge in [-0.1, -0.05) is 0 Å². The van der Waals surface area contributed by atoms with E-state index in [1.165, 1.54) is 6.20 Å². The number of carbonyl (C=O) groups excluding carboxylic acids is 1. The molecule has 0 saturated carbocycles. The van der Waals surface area contributed by atoms with Gasteiger partial charge in [-0.05, 0) is 31.9 Å². The predicted octanol–water partition coefficient (Wildman–Crippen LogP) is 0.496. The maximum Gasteiger partial charge on any atom is 0.250 e. The first-order valence-electron chi connectivity index (χ1n) is 5.86. The lowest BCUT2D eigenvalue weighted by atomic mass is 9.99. The second-order valence-corrected chi connectivity index (χ2v) is 4.60. The third-order valence-electron chi connectivity index (χ3n) is 3.24. The van der Waals surface area contributed by atoms with E-state index >= 15 is 0 Å². The Morgan fingerprint density at radius 3 is 2.82 bits per heavy atom. The van der Waals surface area contributed by atoms with Crippen LogP contribution in [-0.4, -0.2) is 29.5 Å². The first kappa shape index (κ1) is 11.9. The van der Waals surface area contributed by atoms with Gasteiger partial charge >= 0.3 is 0 Å². The molecule has 2 rings (SSSR count). The van der Waals surface area contributed by atoms with Gasteiger partial charge in [0.2, 0.25) is 5.91 Å². The summed E-state index contributed by atoms with van der Waals surface area (Å²) >= 11 is 0. The molecule has 1 aromatic rings. The number of nitrogens with two attached hydrogens (primary N) is 2. The third kappa shape index (κ3) is 2.55. The fourth-order valence-corrected chi connectivity index (χ4v) is 2.25. The molecule has 0 bridgehead atoms. The predicted molar refractivity (Wildman–Crippen MR) is 66.8 cm³/mol. The van der Waals surface area contributed by atoms with E-state index in [9.17, 15) is 4.79 Å². The monoisotopic (exact) mass is 234 g/mol. The van der Waals surface area contributed by atoms with Gasteiger partial charge < -0.3 is 16.4 Å². The van der Waals surface area contributed by atoms with Crippen LogP contribution in [0.4, 0.5) is 5.82 Å². The molecule has 0 spiro atoms. The lowest BCUT2D eigenvalue weighted by molar-refractivity contribution is 0.1000. The average Bonchev–Trinajstić information content (AvgIpc) is 2.29. The number of hydrogen-bond acceptors (Lipinski definition) is 4. The van der Waals surface area contributed by atoms with Crippen LogP contribution in [0.2, 0.25) is 0 Å². The number of nitrogens with zero attached hydrogens (tertiary/aromatic N) is 2. The van der Waals surface area contributed by atoms with Crippen molar-refractivity contribution < 1.29 is 4.79 Å². The van der Waals surface area contributed by atoms with Gasteiger partial charge in [0, 0.05) is 24.8 Å². The summed E-state index contributed by atoms with van der Waals surface area (Å²) in [4.78, 5) is 17.4. The number of aromatic nitrogens is 1. The summed E-state index contributed by atoms with van der Waals surface area (Å²) in [7, 11) is 0. The zero-order valence-electron chi connectivity index (χ0n) is 9.97. The number of anilines is 1. The fraction of sp³-hybridized carbons (Fsp3) is 0.500. The molecule has 1 fully saturated rings. The minimum Gasteiger partial charge on any atom is -0.366 e. The van der Waals surface area contributed by atoms with Crippen LogP contribution in [-0.2, 0) is 0 Å². The van der Waals surface area contributed by atoms with Gasteiger partial charge in [0.25, 0.3) is 0 Å². The number of pyridine rings is 1. The molecule has 1 aliphatic heterocycles. The number of amides is 1. The largest absolute Gasteiger partial charge is 0.366 e. The van der Waals surface area contributed by atoms with Gasteiger partial charge in [0.1, 0.15) is 5.82 Å². The van der Waals surface area contributed by atoms with E-state index in [0.717, 1.165) is 25.2 Å². The van der Waals surface area contributed by atoms with Crippen molar-refractivity contribution in [2.45, 2.75) is 31.8 Å². The highest BCUT2D eigenvalue weighted by molar-refractivity contribution is 5.92. The molecule has 2 atom stereocenters. The van der Waals surface area contributed by atoms with Gasteiger partial charge in [0.05, 0.1) is 5.56 Å². The number of piperidine rings is 1. The van der Waals surface area contributed by atoms with Crippen LogP contribution in [0.15, 0.2) is 18.3 Å². The van der Waals surface area contributed by atoms with Gasteiger partial charge in [-0.3, -0.25) is 4.79 Å². The second kappa shape index (κ2) is 4.71. The second-order valence-electron chi connectivity index (χ2n) is 4.60. The number of primary amides is 1. The molecular formula is C12H18N4O. The summed E-state index contributed by atoms with van der Waals surface area (Å²) in [6.07, 6.45) is 3.47. The molecule has 4 N–H and O–H groups in total. The molecule has 2 heterocycles. The molecule has 2 unspecified atom stereocenters. The van der Waals surface area contributed by atoms with Crippen molar-refractivity contribution in [3.05, 3.63) is 23.9 Å². The van der Waals surface area contributed by atoms with Crippen molar-refractivity contribution in [1.29, 1.82) is 0 Å². The highest BCUT2D eigenvalue weighted by Crippen LogP contribution is 2.22. The van der Waals surface area contributed by atoms with Gasteiger partial charge in [-0.2, -0.15) is 0 Å². The molecule has 1 saturated heterocycles. The van der Waals surface area contributed by atoms with Gasteiger partial charge in [-0.15, -0.1) is 0 Å². The molecule has 0 aromatic carbocycles. The summed E-state index contributed by atoms with van der Waals surface area (Å²) in [6.45, 7) is 3.05. The van der Waals surface area contributed by atoms with E-state index in [4.69, 9.17) is 11.5 Å². The highest BCUT2D eigenvalue weighted by Gasteiger charge is 2.24. The van der Waals surface area contributed by atoms with E-state index < -0.39 is 5.91 Å². The standard InChI is InChI=1S/C12H18N4O/c1-8-6-10(13)4-5-16(8)11-3-2-9(7-15-11)12(14)17/h2-3,7-8,10H,4-6,13H2,1H3,(H2,14,17). The summed E-state index contributed by atoms with van der Waals surface area (Å²) in [5, 5.41) is 0. The van der Waals surface area contributed by atoms with Crippen molar-refractivity contribution in [2.75, 3.05) is 11.4 Å². The first-order valence-corrected chi connectivity index (χ1v) is 5.86. The lowest BCUT2D eigenvalue weighted by Crippen LogP contribution is -2.46. The molecule has 17 heavy (non-hydrogen) atoms. The Hall–Kier alpha value is -1.62. The number of rotatable bonds is 2. The highest BCUT2D eigenvalue weighted by atomic mass is 16.1. The molecule has 1 amide bonds. The van der Waals surface area contributed by atoms with Crippen LogP contribution in [0.25, 0.3) is 0 Å². The SMILES string of the molecule is CC1CC(N)CCN1c1ccc(C(N)=O)cn1. The van der Waals surface area contributed by atoms with Crippen molar-refractivity contribution in [2.24, 2.45) is 11.5 Å². The normalized spacial score (nSPS) is 24.7. The minimum atomic E-state index is -0.447. The number of carbonyl (C=O) groups is 1. The van der Waals surface area contributed by atoms with Crippen LogP contribution in [0.5, 0.6) is 0 Å². The van der Waals surface area contributed by atoms with Crippen molar-refractivity contribution >= 4 is 11.7 Å². The van der Waals surface area contributed by atoms with Crippen LogP contribution >= 0.6 is 0 Å². The summed E-state index contributed by atoms with van der Waals surface area (Å²) in [5.74, 6) is 0.437. The number of hydrogen-bond donors (Lipinski definition) is 2. The van der Waals surface area contributed by atoms with Crippen LogP contribution < -0.4 is 16.4 Å². The molecular weight excluding hydrogens is 216 g/mol. The molecule has 5 heteroatoms. The average molecular weight is 234 g/mol. The molecule has 1 aliphatic rings. The molecule has 5 nitrogen and oxygen atoms in total. The summed E-state index contributed by atoms with van der Waals surface area (Å²) in [5.41, 5.74) is 11.5. The van der Waals surface area contributed by atoms with Gasteiger partial charge in [0.15, 0.2) is 0 Å². The van der Waals surface area contributed by atoms with E-state index in [1.807, 2.05) is 6.07 Å². The maximum atomic E-state index is 10.9. The Balaban J connectivity index is 2.14. The van der Waals surface area contributed by atoms with Crippen LogP contribution in [0, 0.1) is 0 Å². The fourth-order valence-electron chi connectivity index (χ4n) is 2.25. The molecule has 92 valence electrons. The van der Waals surface area contributed by atoms with E-state index in [-0.39, 0.29) is 6.04 Å². The van der Waals surface area contributed by atoms with Crippen LogP contribution in [0.3, 0.4) is 0 Å². The maximum absolute atomic E-state index is 10.9. The Bertz CT molecular complexity index is 403. The van der Waals surface area contributed by atoms with Crippen LogP contribution in [0.1, 0.15) is 30.1 Å². The quantitative estimate of drug-likeness (QED) is 0.780. The van der Waals surface area contributed by atoms with E-state index in [0.29, 0.717) is 11.6 Å².